The van der Waals surface area contributed by atoms with E-state index in [9.17, 15) is 13.2 Å². The van der Waals surface area contributed by atoms with Crippen LogP contribution in [0.4, 0.5) is 13.2 Å². The molecule has 0 aliphatic heterocycles. The van der Waals surface area contributed by atoms with E-state index in [2.05, 4.69) is 0 Å². The highest BCUT2D eigenvalue weighted by atomic mass is 19.4. The van der Waals surface area contributed by atoms with Gasteiger partial charge in [0.1, 0.15) is 0 Å². The summed E-state index contributed by atoms with van der Waals surface area (Å²) in [6.45, 7) is 0. The highest BCUT2D eigenvalue weighted by molar-refractivity contribution is 5.14. The first-order chi connectivity index (χ1) is 7.47. The molecule has 0 heterocycles. The molecule has 2 N–H and O–H groups in total. The Hall–Kier alpha value is -1.03. The second kappa shape index (κ2) is 5.89. The Morgan fingerprint density at radius 2 is 1.75 bits per heavy atom. The van der Waals surface area contributed by atoms with Crippen molar-refractivity contribution in [2.45, 2.75) is 37.9 Å². The van der Waals surface area contributed by atoms with E-state index in [1.807, 2.05) is 30.3 Å². The molecule has 1 aromatic carbocycles. The summed E-state index contributed by atoms with van der Waals surface area (Å²) in [6.07, 6.45) is -3.14. The van der Waals surface area contributed by atoms with Gasteiger partial charge >= 0.3 is 6.18 Å². The van der Waals surface area contributed by atoms with Crippen LogP contribution >= 0.6 is 0 Å². The lowest BCUT2D eigenvalue weighted by atomic mass is 10.0. The standard InChI is InChI=1S/C12H16F3N/c13-12(14,15)9-11(16)8-4-7-10-5-2-1-3-6-10/h1-3,5-6,11H,4,7-9,16H2. The van der Waals surface area contributed by atoms with Crippen molar-refractivity contribution >= 4 is 0 Å². The van der Waals surface area contributed by atoms with Gasteiger partial charge in [0.25, 0.3) is 0 Å². The molecule has 0 bridgehead atoms. The summed E-state index contributed by atoms with van der Waals surface area (Å²) >= 11 is 0. The minimum atomic E-state index is -4.15. The molecule has 1 unspecified atom stereocenters. The topological polar surface area (TPSA) is 26.0 Å². The van der Waals surface area contributed by atoms with E-state index in [1.54, 1.807) is 0 Å². The molecule has 0 saturated carbocycles. The van der Waals surface area contributed by atoms with Crippen LogP contribution in [0.15, 0.2) is 30.3 Å². The number of hydrogen-bond donors (Lipinski definition) is 1. The maximum Gasteiger partial charge on any atom is 0.390 e. The zero-order chi connectivity index (χ0) is 12.0. The lowest BCUT2D eigenvalue weighted by molar-refractivity contribution is -0.138. The molecule has 0 aliphatic carbocycles. The number of nitrogens with two attached hydrogens (primary N) is 1. The van der Waals surface area contributed by atoms with Crippen molar-refractivity contribution in [1.82, 2.24) is 0 Å². The molecule has 1 atom stereocenters. The van der Waals surface area contributed by atoms with Crippen LogP contribution in [-0.4, -0.2) is 12.2 Å². The lowest BCUT2D eigenvalue weighted by Crippen LogP contribution is -2.27. The Morgan fingerprint density at radius 1 is 1.12 bits per heavy atom. The van der Waals surface area contributed by atoms with Gasteiger partial charge in [0.2, 0.25) is 0 Å². The third-order valence-corrected chi connectivity index (χ3v) is 2.38. The van der Waals surface area contributed by atoms with Gasteiger partial charge in [0, 0.05) is 6.04 Å². The van der Waals surface area contributed by atoms with Crippen molar-refractivity contribution in [3.8, 4) is 0 Å². The van der Waals surface area contributed by atoms with Gasteiger partial charge in [-0.1, -0.05) is 30.3 Å². The zero-order valence-electron chi connectivity index (χ0n) is 9.00. The van der Waals surface area contributed by atoms with Crippen LogP contribution in [0.3, 0.4) is 0 Å². The third-order valence-electron chi connectivity index (χ3n) is 2.38. The van der Waals surface area contributed by atoms with Gasteiger partial charge in [-0.2, -0.15) is 13.2 Å². The molecule has 0 amide bonds. The van der Waals surface area contributed by atoms with E-state index in [4.69, 9.17) is 5.73 Å². The smallest absolute Gasteiger partial charge is 0.327 e. The van der Waals surface area contributed by atoms with Crippen LogP contribution in [0, 0.1) is 0 Å². The van der Waals surface area contributed by atoms with Gasteiger partial charge in [0.05, 0.1) is 6.42 Å². The average molecular weight is 231 g/mol. The lowest BCUT2D eigenvalue weighted by Gasteiger charge is -2.13. The highest BCUT2D eigenvalue weighted by Gasteiger charge is 2.29. The normalized spacial score (nSPS) is 13.8. The van der Waals surface area contributed by atoms with Crippen LogP contribution in [-0.2, 0) is 6.42 Å². The van der Waals surface area contributed by atoms with Gasteiger partial charge in [-0.3, -0.25) is 0 Å². The summed E-state index contributed by atoms with van der Waals surface area (Å²) in [4.78, 5) is 0. The van der Waals surface area contributed by atoms with Crippen LogP contribution in [0.1, 0.15) is 24.8 Å². The van der Waals surface area contributed by atoms with Crippen molar-refractivity contribution in [3.63, 3.8) is 0 Å². The highest BCUT2D eigenvalue weighted by Crippen LogP contribution is 2.22. The molecule has 0 radical (unpaired) electrons. The van der Waals surface area contributed by atoms with Gasteiger partial charge in [-0.05, 0) is 24.8 Å². The van der Waals surface area contributed by atoms with E-state index in [-0.39, 0.29) is 0 Å². The molecule has 0 aromatic heterocycles. The number of aryl methyl sites for hydroxylation is 1. The zero-order valence-corrected chi connectivity index (χ0v) is 9.00. The predicted octanol–water partition coefficient (Wildman–Crippen LogP) is 3.29. The molecular weight excluding hydrogens is 215 g/mol. The molecular formula is C12H16F3N. The van der Waals surface area contributed by atoms with Crippen LogP contribution in [0.2, 0.25) is 0 Å². The van der Waals surface area contributed by atoms with Gasteiger partial charge in [-0.15, -0.1) is 0 Å². The van der Waals surface area contributed by atoms with Gasteiger partial charge < -0.3 is 5.73 Å². The molecule has 1 rings (SSSR count). The minimum Gasteiger partial charge on any atom is -0.327 e. The van der Waals surface area contributed by atoms with Crippen molar-refractivity contribution in [3.05, 3.63) is 35.9 Å². The molecule has 4 heteroatoms. The average Bonchev–Trinajstić information content (AvgIpc) is 2.16. The van der Waals surface area contributed by atoms with E-state index < -0.39 is 18.6 Å². The number of halogens is 3. The molecule has 90 valence electrons. The maximum absolute atomic E-state index is 12.0. The first-order valence-corrected chi connectivity index (χ1v) is 5.33. The molecule has 1 aromatic rings. The first kappa shape index (κ1) is 13.0. The largest absolute Gasteiger partial charge is 0.390 e. The second-order valence-electron chi connectivity index (χ2n) is 3.96. The molecule has 1 nitrogen and oxygen atoms in total. The summed E-state index contributed by atoms with van der Waals surface area (Å²) in [6, 6.07) is 8.92. The van der Waals surface area contributed by atoms with Crippen LogP contribution in [0.25, 0.3) is 0 Å². The fourth-order valence-corrected chi connectivity index (χ4v) is 1.61. The van der Waals surface area contributed by atoms with E-state index >= 15 is 0 Å². The predicted molar refractivity (Wildman–Crippen MR) is 58.0 cm³/mol. The first-order valence-electron chi connectivity index (χ1n) is 5.33. The van der Waals surface area contributed by atoms with Gasteiger partial charge in [0.15, 0.2) is 0 Å². The van der Waals surface area contributed by atoms with Crippen LogP contribution < -0.4 is 5.73 Å². The third kappa shape index (κ3) is 5.75. The Kier molecular flexibility index (Phi) is 4.80. The fraction of sp³-hybridized carbons (Fsp3) is 0.500. The summed E-state index contributed by atoms with van der Waals surface area (Å²) in [7, 11) is 0. The molecule has 16 heavy (non-hydrogen) atoms. The number of hydrogen-bond acceptors (Lipinski definition) is 1. The van der Waals surface area contributed by atoms with Crippen molar-refractivity contribution in [2.24, 2.45) is 5.73 Å². The molecule has 0 spiro atoms. The summed E-state index contributed by atoms with van der Waals surface area (Å²) in [5.74, 6) is 0. The Labute approximate surface area is 93.5 Å². The monoisotopic (exact) mass is 231 g/mol. The van der Waals surface area contributed by atoms with E-state index in [1.165, 1.54) is 0 Å². The quantitative estimate of drug-likeness (QED) is 0.826. The molecule has 0 fully saturated rings. The summed E-state index contributed by atoms with van der Waals surface area (Å²) in [5.41, 5.74) is 6.54. The van der Waals surface area contributed by atoms with E-state index in [0.717, 1.165) is 12.0 Å². The second-order valence-corrected chi connectivity index (χ2v) is 3.96. The fourth-order valence-electron chi connectivity index (χ4n) is 1.61. The van der Waals surface area contributed by atoms with Crippen molar-refractivity contribution in [2.75, 3.05) is 0 Å². The van der Waals surface area contributed by atoms with E-state index in [0.29, 0.717) is 12.8 Å². The summed E-state index contributed by atoms with van der Waals surface area (Å²) in [5, 5.41) is 0. The Balaban J connectivity index is 2.21. The Bertz CT molecular complexity index is 295. The number of rotatable bonds is 5. The van der Waals surface area contributed by atoms with Crippen LogP contribution in [0.5, 0.6) is 0 Å². The SMILES string of the molecule is NC(CCCc1ccccc1)CC(F)(F)F. The summed E-state index contributed by atoms with van der Waals surface area (Å²) < 4.78 is 35.9. The number of benzene rings is 1. The minimum absolute atomic E-state index is 0.411. The Morgan fingerprint density at radius 3 is 2.31 bits per heavy atom. The van der Waals surface area contributed by atoms with Crippen molar-refractivity contribution < 1.29 is 13.2 Å². The molecule has 0 aliphatic rings. The number of alkyl halides is 3. The maximum atomic E-state index is 12.0. The van der Waals surface area contributed by atoms with Crippen molar-refractivity contribution in [1.29, 1.82) is 0 Å². The van der Waals surface area contributed by atoms with Gasteiger partial charge in [-0.25, -0.2) is 0 Å². The molecule has 0 saturated heterocycles.